The molecule has 1 spiro atoms. The number of nitrogens with zero attached hydrogens (tertiary/aromatic N) is 1. The minimum Gasteiger partial charge on any atom is -0.496 e. The van der Waals surface area contributed by atoms with E-state index in [-0.39, 0.29) is 17.6 Å². The molecule has 1 atom stereocenters. The van der Waals surface area contributed by atoms with Gasteiger partial charge < -0.3 is 14.8 Å². The van der Waals surface area contributed by atoms with Gasteiger partial charge in [0.15, 0.2) is 0 Å². The van der Waals surface area contributed by atoms with Crippen molar-refractivity contribution in [1.29, 1.82) is 0 Å². The minimum absolute atomic E-state index is 0.00848. The topological polar surface area (TPSA) is 50.8 Å². The number of piperidine rings is 1. The lowest BCUT2D eigenvalue weighted by Gasteiger charge is -2.39. The molecule has 2 aliphatic rings. The molecule has 1 unspecified atom stereocenters. The van der Waals surface area contributed by atoms with Crippen molar-refractivity contribution in [2.45, 2.75) is 48.8 Å². The number of carbonyl (C=O) groups is 1. The monoisotopic (exact) mass is 440 g/mol. The third-order valence-electron chi connectivity index (χ3n) is 6.33. The number of ether oxygens (including phenoxy) is 2. The van der Waals surface area contributed by atoms with Crippen LogP contribution in [0.15, 0.2) is 59.5 Å². The van der Waals surface area contributed by atoms with Gasteiger partial charge in [-0.25, -0.2) is 0 Å². The van der Waals surface area contributed by atoms with Crippen LogP contribution in [-0.2, 0) is 16.1 Å². The molecule has 2 aromatic carbocycles. The smallest absolute Gasteiger partial charge is 0.230 e. The van der Waals surface area contributed by atoms with E-state index in [0.717, 1.165) is 56.0 Å². The minimum atomic E-state index is -0.00848. The van der Waals surface area contributed by atoms with E-state index in [4.69, 9.17) is 9.47 Å². The fourth-order valence-electron chi connectivity index (χ4n) is 4.54. The molecule has 5 nitrogen and oxygen atoms in total. The van der Waals surface area contributed by atoms with Gasteiger partial charge in [-0.15, -0.1) is 11.8 Å². The Hall–Kier alpha value is -2.02. The molecule has 0 saturated carbocycles. The summed E-state index contributed by atoms with van der Waals surface area (Å²) in [6.07, 6.45) is 4.35. The van der Waals surface area contributed by atoms with Crippen LogP contribution in [0, 0.1) is 0 Å². The highest BCUT2D eigenvalue weighted by Gasteiger charge is 2.42. The Morgan fingerprint density at radius 3 is 2.65 bits per heavy atom. The van der Waals surface area contributed by atoms with Gasteiger partial charge in [-0.3, -0.25) is 9.69 Å². The van der Waals surface area contributed by atoms with Gasteiger partial charge in [-0.2, -0.15) is 0 Å². The number of methoxy groups -OCH3 is 1. The molecule has 2 aliphatic heterocycles. The molecular weight excluding hydrogens is 408 g/mol. The fourth-order valence-corrected chi connectivity index (χ4v) is 5.29. The van der Waals surface area contributed by atoms with Crippen molar-refractivity contribution >= 4 is 17.7 Å². The first-order chi connectivity index (χ1) is 15.2. The first-order valence-electron chi connectivity index (χ1n) is 11.1. The highest BCUT2D eigenvalue weighted by Crippen LogP contribution is 2.39. The van der Waals surface area contributed by atoms with Crippen LogP contribution >= 0.6 is 11.8 Å². The highest BCUT2D eigenvalue weighted by molar-refractivity contribution is 8.00. The van der Waals surface area contributed by atoms with Gasteiger partial charge in [-0.05, 0) is 43.9 Å². The summed E-state index contributed by atoms with van der Waals surface area (Å²) < 4.78 is 12.0. The van der Waals surface area contributed by atoms with Crippen molar-refractivity contribution in [1.82, 2.24) is 10.2 Å². The molecule has 31 heavy (non-hydrogen) atoms. The van der Waals surface area contributed by atoms with Gasteiger partial charge in [0.1, 0.15) is 5.75 Å². The largest absolute Gasteiger partial charge is 0.496 e. The SMILES string of the molecule is COc1ccccc1CN1CCC2(CCC(CNC(=O)CSc3ccccc3)O2)CC1. The number of para-hydroxylation sites is 1. The Morgan fingerprint density at radius 1 is 1.13 bits per heavy atom. The number of rotatable bonds is 8. The second kappa shape index (κ2) is 10.5. The Bertz CT molecular complexity index is 853. The van der Waals surface area contributed by atoms with Gasteiger partial charge >= 0.3 is 0 Å². The standard InChI is InChI=1S/C25H32N2O3S/c1-29-23-10-6-5-7-20(23)18-27-15-13-25(14-16-27)12-11-21(30-25)17-26-24(28)19-31-22-8-3-2-4-9-22/h2-10,21H,11-19H2,1H3,(H,26,28). The summed E-state index contributed by atoms with van der Waals surface area (Å²) in [7, 11) is 1.73. The summed E-state index contributed by atoms with van der Waals surface area (Å²) in [5.74, 6) is 1.48. The van der Waals surface area contributed by atoms with Crippen LogP contribution in [0.5, 0.6) is 5.75 Å². The van der Waals surface area contributed by atoms with E-state index in [1.165, 1.54) is 5.56 Å². The van der Waals surface area contributed by atoms with E-state index < -0.39 is 0 Å². The fraction of sp³-hybridized carbons (Fsp3) is 0.480. The number of benzene rings is 2. The molecule has 0 bridgehead atoms. The van der Waals surface area contributed by atoms with Crippen molar-refractivity contribution in [3.8, 4) is 5.75 Å². The third-order valence-corrected chi connectivity index (χ3v) is 7.34. The molecule has 1 amide bonds. The lowest BCUT2D eigenvalue weighted by molar-refractivity contribution is -0.120. The average Bonchev–Trinajstić information content (AvgIpc) is 3.21. The number of amides is 1. The summed E-state index contributed by atoms with van der Waals surface area (Å²) in [4.78, 5) is 15.8. The molecule has 0 aromatic heterocycles. The van der Waals surface area contributed by atoms with Crippen LogP contribution in [0.2, 0.25) is 0 Å². The second-order valence-electron chi connectivity index (χ2n) is 8.46. The van der Waals surface area contributed by atoms with Gasteiger partial charge in [0.25, 0.3) is 0 Å². The first kappa shape index (κ1) is 22.2. The third kappa shape index (κ3) is 6.03. The summed E-state index contributed by atoms with van der Waals surface area (Å²) in [5.41, 5.74) is 1.23. The lowest BCUT2D eigenvalue weighted by atomic mass is 9.88. The Kier molecular flexibility index (Phi) is 7.54. The molecule has 2 fully saturated rings. The van der Waals surface area contributed by atoms with E-state index in [1.807, 2.05) is 42.5 Å². The van der Waals surface area contributed by atoms with Crippen LogP contribution in [0.25, 0.3) is 0 Å². The van der Waals surface area contributed by atoms with Crippen molar-refractivity contribution in [2.75, 3.05) is 32.5 Å². The Morgan fingerprint density at radius 2 is 1.87 bits per heavy atom. The molecule has 1 N–H and O–H groups in total. The normalized spacial score (nSPS) is 20.6. The van der Waals surface area contributed by atoms with E-state index in [0.29, 0.717) is 12.3 Å². The Balaban J connectivity index is 1.18. The molecule has 0 aliphatic carbocycles. The molecule has 4 rings (SSSR count). The average molecular weight is 441 g/mol. The van der Waals surface area contributed by atoms with E-state index >= 15 is 0 Å². The molecule has 2 heterocycles. The zero-order valence-corrected chi connectivity index (χ0v) is 19.0. The van der Waals surface area contributed by atoms with E-state index in [9.17, 15) is 4.79 Å². The van der Waals surface area contributed by atoms with Gasteiger partial charge in [-0.1, -0.05) is 36.4 Å². The van der Waals surface area contributed by atoms with Crippen LogP contribution in [0.3, 0.4) is 0 Å². The second-order valence-corrected chi connectivity index (χ2v) is 9.50. The van der Waals surface area contributed by atoms with Crippen molar-refractivity contribution in [2.24, 2.45) is 0 Å². The molecular formula is C25H32N2O3S. The van der Waals surface area contributed by atoms with Crippen LogP contribution in [0.1, 0.15) is 31.2 Å². The molecule has 166 valence electrons. The van der Waals surface area contributed by atoms with Crippen molar-refractivity contribution in [3.63, 3.8) is 0 Å². The maximum Gasteiger partial charge on any atom is 0.230 e. The predicted octanol–water partition coefficient (Wildman–Crippen LogP) is 4.12. The molecule has 2 saturated heterocycles. The van der Waals surface area contributed by atoms with Crippen molar-refractivity contribution in [3.05, 3.63) is 60.2 Å². The van der Waals surface area contributed by atoms with Crippen LogP contribution in [0.4, 0.5) is 0 Å². The Labute approximate surface area is 189 Å². The van der Waals surface area contributed by atoms with Gasteiger partial charge in [0, 0.05) is 36.6 Å². The number of likely N-dealkylation sites (tertiary alicyclic amines) is 1. The lowest BCUT2D eigenvalue weighted by Crippen LogP contribution is -2.45. The quantitative estimate of drug-likeness (QED) is 0.626. The number of thioether (sulfide) groups is 1. The highest BCUT2D eigenvalue weighted by atomic mass is 32.2. The van der Waals surface area contributed by atoms with Gasteiger partial charge in [0.05, 0.1) is 24.6 Å². The zero-order chi connectivity index (χ0) is 21.5. The number of nitrogens with one attached hydrogen (secondary N) is 1. The van der Waals surface area contributed by atoms with E-state index in [1.54, 1.807) is 18.9 Å². The summed E-state index contributed by atoms with van der Waals surface area (Å²) >= 11 is 1.57. The predicted molar refractivity (Wildman–Crippen MR) is 125 cm³/mol. The van der Waals surface area contributed by atoms with Crippen LogP contribution < -0.4 is 10.1 Å². The van der Waals surface area contributed by atoms with Crippen LogP contribution in [-0.4, -0.2) is 55.0 Å². The maximum absolute atomic E-state index is 12.2. The zero-order valence-electron chi connectivity index (χ0n) is 18.2. The van der Waals surface area contributed by atoms with Crippen molar-refractivity contribution < 1.29 is 14.3 Å². The van der Waals surface area contributed by atoms with E-state index in [2.05, 4.69) is 22.3 Å². The molecule has 2 aromatic rings. The number of carbonyl (C=O) groups excluding carboxylic acids is 1. The number of hydrogen-bond donors (Lipinski definition) is 1. The summed E-state index contributed by atoms with van der Waals surface area (Å²) in [5, 5.41) is 3.06. The molecule has 0 radical (unpaired) electrons. The maximum atomic E-state index is 12.2. The summed E-state index contributed by atoms with van der Waals surface area (Å²) in [6.45, 7) is 3.59. The summed E-state index contributed by atoms with van der Waals surface area (Å²) in [6, 6.07) is 18.3. The van der Waals surface area contributed by atoms with Gasteiger partial charge in [0.2, 0.25) is 5.91 Å². The molecule has 6 heteroatoms. The number of hydrogen-bond acceptors (Lipinski definition) is 5. The first-order valence-corrected chi connectivity index (χ1v) is 12.1.